The monoisotopic (exact) mass is 572 g/mol. The van der Waals surface area contributed by atoms with Crippen LogP contribution in [0.2, 0.25) is 0 Å². The molecule has 0 heterocycles. The number of carbonyl (C=O) groups is 1. The van der Waals surface area contributed by atoms with Crippen LogP contribution in [0.1, 0.15) is 18.1 Å². The van der Waals surface area contributed by atoms with Crippen molar-refractivity contribution in [2.24, 2.45) is 4.99 Å². The van der Waals surface area contributed by atoms with Gasteiger partial charge in [0.15, 0.2) is 17.5 Å². The first kappa shape index (κ1) is 28.5. The quantitative estimate of drug-likeness (QED) is 0.187. The number of guanidine groups is 1. The van der Waals surface area contributed by atoms with E-state index in [4.69, 9.17) is 9.47 Å². The van der Waals surface area contributed by atoms with E-state index in [2.05, 4.69) is 20.5 Å². The molecule has 2 aromatic rings. The van der Waals surface area contributed by atoms with Gasteiger partial charge in [0, 0.05) is 26.7 Å². The molecule has 33 heavy (non-hydrogen) atoms. The van der Waals surface area contributed by atoms with Gasteiger partial charge in [0.2, 0.25) is 5.91 Å². The Morgan fingerprint density at radius 1 is 1.03 bits per heavy atom. The highest BCUT2D eigenvalue weighted by molar-refractivity contribution is 14.0. The zero-order chi connectivity index (χ0) is 23.3. The third-order valence-corrected chi connectivity index (χ3v) is 4.85. The lowest BCUT2D eigenvalue weighted by Gasteiger charge is -2.22. The molecule has 7 nitrogen and oxygen atoms in total. The molecule has 0 fully saturated rings. The number of hydrogen-bond acceptors (Lipinski definition) is 4. The molecule has 0 aromatic heterocycles. The fourth-order valence-corrected chi connectivity index (χ4v) is 3.12. The smallest absolute Gasteiger partial charge is 0.224 e. The van der Waals surface area contributed by atoms with E-state index in [-0.39, 0.29) is 42.1 Å². The standard InChI is InChI=1S/C24H33FN4O3.HI/c1-5-26-24(28-14-13-27-23(30)17-18-6-9-20(25)10-7-18)29(2)15-12-19-8-11-21(31-3)22(16-19)32-4;/h6-11,16H,5,12-15,17H2,1-4H3,(H,26,28)(H,27,30);1H. The molecule has 0 saturated carbocycles. The van der Waals surface area contributed by atoms with Crippen LogP contribution in [0, 0.1) is 5.82 Å². The first-order valence-electron chi connectivity index (χ1n) is 10.7. The average molecular weight is 572 g/mol. The van der Waals surface area contributed by atoms with E-state index in [0.29, 0.717) is 24.6 Å². The Balaban J connectivity index is 0.00000544. The van der Waals surface area contributed by atoms with Crippen LogP contribution in [-0.2, 0) is 17.6 Å². The summed E-state index contributed by atoms with van der Waals surface area (Å²) in [4.78, 5) is 18.7. The Kier molecular flexibility index (Phi) is 13.2. The third-order valence-electron chi connectivity index (χ3n) is 4.85. The van der Waals surface area contributed by atoms with Crippen molar-refractivity contribution in [3.8, 4) is 11.5 Å². The number of methoxy groups -OCH3 is 2. The molecule has 2 rings (SSSR count). The van der Waals surface area contributed by atoms with Gasteiger partial charge in [-0.15, -0.1) is 24.0 Å². The lowest BCUT2D eigenvalue weighted by Crippen LogP contribution is -2.40. The minimum atomic E-state index is -0.310. The molecular weight excluding hydrogens is 538 g/mol. The zero-order valence-electron chi connectivity index (χ0n) is 19.7. The van der Waals surface area contributed by atoms with Crippen LogP contribution in [0.3, 0.4) is 0 Å². The van der Waals surface area contributed by atoms with E-state index in [0.717, 1.165) is 36.6 Å². The van der Waals surface area contributed by atoms with Crippen molar-refractivity contribution < 1.29 is 18.7 Å². The molecule has 9 heteroatoms. The number of hydrogen-bond donors (Lipinski definition) is 2. The Morgan fingerprint density at radius 3 is 2.33 bits per heavy atom. The summed E-state index contributed by atoms with van der Waals surface area (Å²) in [5, 5.41) is 6.13. The van der Waals surface area contributed by atoms with Crippen LogP contribution in [-0.4, -0.2) is 64.2 Å². The van der Waals surface area contributed by atoms with Crippen LogP contribution in [0.4, 0.5) is 4.39 Å². The van der Waals surface area contributed by atoms with Crippen LogP contribution < -0.4 is 20.1 Å². The molecule has 0 aliphatic rings. The van der Waals surface area contributed by atoms with Gasteiger partial charge >= 0.3 is 0 Å². The van der Waals surface area contributed by atoms with Gasteiger partial charge in [0.05, 0.1) is 27.2 Å². The molecule has 0 spiro atoms. The van der Waals surface area contributed by atoms with E-state index < -0.39 is 0 Å². The van der Waals surface area contributed by atoms with Crippen molar-refractivity contribution >= 4 is 35.8 Å². The summed E-state index contributed by atoms with van der Waals surface area (Å²) in [7, 11) is 5.23. The van der Waals surface area contributed by atoms with Gasteiger partial charge in [-0.3, -0.25) is 9.79 Å². The van der Waals surface area contributed by atoms with E-state index in [1.807, 2.05) is 32.2 Å². The Hall–Kier alpha value is -2.56. The van der Waals surface area contributed by atoms with Crippen LogP contribution in [0.25, 0.3) is 0 Å². The van der Waals surface area contributed by atoms with Crippen molar-refractivity contribution in [2.75, 3.05) is 47.4 Å². The largest absolute Gasteiger partial charge is 0.493 e. The van der Waals surface area contributed by atoms with E-state index in [1.165, 1.54) is 12.1 Å². The predicted octanol–water partition coefficient (Wildman–Crippen LogP) is 3.26. The minimum Gasteiger partial charge on any atom is -0.493 e. The summed E-state index contributed by atoms with van der Waals surface area (Å²) < 4.78 is 23.6. The molecule has 0 saturated heterocycles. The molecule has 0 atom stereocenters. The summed E-state index contributed by atoms with van der Waals surface area (Å²) in [5.41, 5.74) is 1.91. The molecule has 2 aromatic carbocycles. The number of ether oxygens (including phenoxy) is 2. The number of nitrogens with one attached hydrogen (secondary N) is 2. The molecule has 0 unspecified atom stereocenters. The molecule has 2 N–H and O–H groups in total. The number of carbonyl (C=O) groups excluding carboxylic acids is 1. The zero-order valence-corrected chi connectivity index (χ0v) is 22.0. The van der Waals surface area contributed by atoms with Gasteiger partial charge in [-0.25, -0.2) is 4.39 Å². The number of likely N-dealkylation sites (N-methyl/N-ethyl adjacent to an activating group) is 1. The summed E-state index contributed by atoms with van der Waals surface area (Å²) >= 11 is 0. The van der Waals surface area contributed by atoms with Gasteiger partial charge in [-0.1, -0.05) is 18.2 Å². The third kappa shape index (κ3) is 9.85. The maximum absolute atomic E-state index is 13.0. The lowest BCUT2D eigenvalue weighted by atomic mass is 10.1. The van der Waals surface area contributed by atoms with Gasteiger partial charge in [0.25, 0.3) is 0 Å². The van der Waals surface area contributed by atoms with E-state index in [1.54, 1.807) is 26.4 Å². The minimum absolute atomic E-state index is 0. The second-order valence-corrected chi connectivity index (χ2v) is 7.25. The van der Waals surface area contributed by atoms with Gasteiger partial charge in [0.1, 0.15) is 5.82 Å². The first-order chi connectivity index (χ1) is 15.5. The molecule has 0 aliphatic heterocycles. The molecular formula is C24H34FIN4O3. The van der Waals surface area contributed by atoms with E-state index >= 15 is 0 Å². The van der Waals surface area contributed by atoms with Crippen molar-refractivity contribution in [1.29, 1.82) is 0 Å². The van der Waals surface area contributed by atoms with Crippen molar-refractivity contribution in [3.05, 3.63) is 59.4 Å². The average Bonchev–Trinajstić information content (AvgIpc) is 2.80. The highest BCUT2D eigenvalue weighted by atomic mass is 127. The topological polar surface area (TPSA) is 75.2 Å². The Labute approximate surface area is 212 Å². The van der Waals surface area contributed by atoms with Gasteiger partial charge < -0.3 is 25.0 Å². The SMILES string of the molecule is CCNC(=NCCNC(=O)Cc1ccc(F)cc1)N(C)CCc1ccc(OC)c(OC)c1.I. The van der Waals surface area contributed by atoms with Gasteiger partial charge in [-0.2, -0.15) is 0 Å². The fraction of sp³-hybridized carbons (Fsp3) is 0.417. The maximum atomic E-state index is 13.0. The highest BCUT2D eigenvalue weighted by Crippen LogP contribution is 2.27. The normalized spacial score (nSPS) is 10.8. The van der Waals surface area contributed by atoms with Gasteiger partial charge in [-0.05, 0) is 48.7 Å². The van der Waals surface area contributed by atoms with Crippen LogP contribution in [0.15, 0.2) is 47.5 Å². The molecule has 0 radical (unpaired) electrons. The molecule has 0 bridgehead atoms. The lowest BCUT2D eigenvalue weighted by molar-refractivity contribution is -0.120. The van der Waals surface area contributed by atoms with Crippen molar-refractivity contribution in [2.45, 2.75) is 19.8 Å². The number of aliphatic imine (C=N–C) groups is 1. The fourth-order valence-electron chi connectivity index (χ4n) is 3.12. The number of halogens is 2. The molecule has 182 valence electrons. The van der Waals surface area contributed by atoms with Crippen LogP contribution >= 0.6 is 24.0 Å². The molecule has 0 aliphatic carbocycles. The number of rotatable bonds is 11. The summed E-state index contributed by atoms with van der Waals surface area (Å²) in [6, 6.07) is 11.8. The second-order valence-electron chi connectivity index (χ2n) is 7.25. The number of amides is 1. The second kappa shape index (κ2) is 15.3. The summed E-state index contributed by atoms with van der Waals surface area (Å²) in [6.45, 7) is 4.41. The van der Waals surface area contributed by atoms with Crippen molar-refractivity contribution in [1.82, 2.24) is 15.5 Å². The van der Waals surface area contributed by atoms with E-state index in [9.17, 15) is 9.18 Å². The van der Waals surface area contributed by atoms with Crippen molar-refractivity contribution in [3.63, 3.8) is 0 Å². The Morgan fingerprint density at radius 2 is 1.70 bits per heavy atom. The summed E-state index contributed by atoms with van der Waals surface area (Å²) in [6.07, 6.45) is 1.03. The number of benzene rings is 2. The Bertz CT molecular complexity index is 894. The predicted molar refractivity (Wildman–Crippen MR) is 140 cm³/mol. The first-order valence-corrected chi connectivity index (χ1v) is 10.7. The molecule has 1 amide bonds. The number of nitrogens with zero attached hydrogens (tertiary/aromatic N) is 2. The summed E-state index contributed by atoms with van der Waals surface area (Å²) in [5.74, 6) is 1.78. The highest BCUT2D eigenvalue weighted by Gasteiger charge is 2.09. The van der Waals surface area contributed by atoms with Crippen LogP contribution in [0.5, 0.6) is 11.5 Å². The maximum Gasteiger partial charge on any atom is 0.224 e.